The molecule has 2 aliphatic heterocycles. The third-order valence-electron chi connectivity index (χ3n) is 7.42. The van der Waals surface area contributed by atoms with Gasteiger partial charge in [-0.1, -0.05) is 0 Å². The second-order valence-electron chi connectivity index (χ2n) is 9.96. The van der Waals surface area contributed by atoms with Crippen molar-refractivity contribution < 1.29 is 70.1 Å². The van der Waals surface area contributed by atoms with Gasteiger partial charge in [0.05, 0.1) is 24.3 Å². The molecule has 3 heterocycles. The smallest absolute Gasteiger partial charge is 0.197 e. The fourth-order valence-corrected chi connectivity index (χ4v) is 5.16. The van der Waals surface area contributed by atoms with Crippen molar-refractivity contribution in [3.05, 3.63) is 45.6 Å². The van der Waals surface area contributed by atoms with Gasteiger partial charge in [-0.15, -0.1) is 0 Å². The quantitative estimate of drug-likeness (QED) is 0.148. The Bertz CT molecular complexity index is 1520. The van der Waals surface area contributed by atoms with E-state index in [0.717, 1.165) is 18.2 Å². The number of phenolic OH excluding ortho intramolecular Hbond substituents is 4. The van der Waals surface area contributed by atoms with Crippen molar-refractivity contribution in [3.63, 3.8) is 0 Å². The highest BCUT2D eigenvalue weighted by atomic mass is 16.5. The number of aliphatic hydroxyl groups excluding tert-OH is 7. The first-order chi connectivity index (χ1) is 19.4. The summed E-state index contributed by atoms with van der Waals surface area (Å²) in [6.07, 6.45) is -16.0. The average molecular weight is 580 g/mol. The molecular weight excluding hydrogens is 552 g/mol. The van der Waals surface area contributed by atoms with E-state index in [4.69, 9.17) is 13.9 Å². The molecule has 15 nitrogen and oxygen atoms in total. The van der Waals surface area contributed by atoms with Gasteiger partial charge >= 0.3 is 0 Å². The Kier molecular flexibility index (Phi) is 7.58. The number of fused-ring (bicyclic) bond motifs is 1. The number of hydrogen-bond donors (Lipinski definition) is 11. The van der Waals surface area contributed by atoms with Gasteiger partial charge in [-0.25, -0.2) is 0 Å². The van der Waals surface area contributed by atoms with Crippen molar-refractivity contribution in [1.29, 1.82) is 0 Å². The number of rotatable bonds is 4. The Hall–Kier alpha value is -3.51. The number of aliphatic hydroxyl groups is 7. The van der Waals surface area contributed by atoms with Crippen LogP contribution in [0, 0.1) is 0 Å². The van der Waals surface area contributed by atoms with E-state index < -0.39 is 119 Å². The molecule has 0 amide bonds. The minimum atomic E-state index is -2.01. The van der Waals surface area contributed by atoms with Crippen LogP contribution in [-0.4, -0.2) is 112 Å². The summed E-state index contributed by atoms with van der Waals surface area (Å²) in [5.41, 5.74) is -2.64. The maximum atomic E-state index is 13.4. The first kappa shape index (κ1) is 29.0. The standard InChI is InChI=1S/C26H28O15/c27-5-13-18(33)21(36)23(38)26(41-13)15-19(34)14-10(30)4-12(7-1-2-8(28)9(29)3-7)40-24(14)16(20(15)35)25-22(37)17(32)11(31)6-39-25/h1-4,11,13,17-18,21-23,25-29,31-38H,5-6H2/t11-,13+,17-,18+,21-,22+,23+,25-,26+/m0/s1. The summed E-state index contributed by atoms with van der Waals surface area (Å²) in [5, 5.41) is 113. The zero-order valence-electron chi connectivity index (χ0n) is 21.0. The lowest BCUT2D eigenvalue weighted by molar-refractivity contribution is -0.232. The summed E-state index contributed by atoms with van der Waals surface area (Å²) in [4.78, 5) is 13.4. The molecule has 3 aromatic rings. The summed E-state index contributed by atoms with van der Waals surface area (Å²) >= 11 is 0. The van der Waals surface area contributed by atoms with Gasteiger partial charge in [0, 0.05) is 11.6 Å². The Morgan fingerprint density at radius 3 is 2.10 bits per heavy atom. The second kappa shape index (κ2) is 10.7. The Morgan fingerprint density at radius 2 is 1.44 bits per heavy atom. The van der Waals surface area contributed by atoms with Crippen LogP contribution in [0.5, 0.6) is 23.0 Å². The lowest BCUT2D eigenvalue weighted by atomic mass is 9.85. The minimum absolute atomic E-state index is 0.0720. The molecule has 2 saturated heterocycles. The van der Waals surface area contributed by atoms with Crippen molar-refractivity contribution in [2.24, 2.45) is 0 Å². The topological polar surface area (TPSA) is 271 Å². The van der Waals surface area contributed by atoms with Crippen molar-refractivity contribution in [1.82, 2.24) is 0 Å². The average Bonchev–Trinajstić information content (AvgIpc) is 2.93. The van der Waals surface area contributed by atoms with E-state index in [9.17, 15) is 61.0 Å². The molecule has 0 saturated carbocycles. The van der Waals surface area contributed by atoms with E-state index in [-0.39, 0.29) is 11.3 Å². The molecule has 1 aromatic heterocycles. The fourth-order valence-electron chi connectivity index (χ4n) is 5.16. The lowest BCUT2D eigenvalue weighted by Gasteiger charge is -2.41. The van der Waals surface area contributed by atoms with E-state index >= 15 is 0 Å². The molecule has 2 fully saturated rings. The molecule has 0 radical (unpaired) electrons. The Morgan fingerprint density at radius 1 is 0.756 bits per heavy atom. The third kappa shape index (κ3) is 4.66. The van der Waals surface area contributed by atoms with Gasteiger partial charge in [-0.05, 0) is 18.2 Å². The van der Waals surface area contributed by atoms with Crippen LogP contribution in [0.2, 0.25) is 0 Å². The Labute approximate surface area is 229 Å². The van der Waals surface area contributed by atoms with Crippen LogP contribution >= 0.6 is 0 Å². The fraction of sp³-hybridized carbons (Fsp3) is 0.423. The van der Waals surface area contributed by atoms with Crippen LogP contribution in [0.3, 0.4) is 0 Å². The molecule has 41 heavy (non-hydrogen) atoms. The predicted molar refractivity (Wildman–Crippen MR) is 134 cm³/mol. The summed E-state index contributed by atoms with van der Waals surface area (Å²) in [5.74, 6) is -3.21. The van der Waals surface area contributed by atoms with Crippen LogP contribution < -0.4 is 5.43 Å². The maximum Gasteiger partial charge on any atom is 0.197 e. The molecular formula is C26H28O15. The molecule has 5 rings (SSSR count). The lowest BCUT2D eigenvalue weighted by Crippen LogP contribution is -2.55. The molecule has 2 aliphatic rings. The van der Waals surface area contributed by atoms with E-state index in [2.05, 4.69) is 0 Å². The summed E-state index contributed by atoms with van der Waals surface area (Å²) in [7, 11) is 0. The summed E-state index contributed by atoms with van der Waals surface area (Å²) in [6.45, 7) is -1.39. The van der Waals surface area contributed by atoms with Crippen molar-refractivity contribution >= 4 is 11.0 Å². The van der Waals surface area contributed by atoms with Crippen LogP contribution in [0.25, 0.3) is 22.3 Å². The monoisotopic (exact) mass is 580 g/mol. The minimum Gasteiger partial charge on any atom is -0.507 e. The summed E-state index contributed by atoms with van der Waals surface area (Å²) in [6, 6.07) is 4.36. The maximum absolute atomic E-state index is 13.4. The highest BCUT2D eigenvalue weighted by Gasteiger charge is 2.48. The van der Waals surface area contributed by atoms with Crippen LogP contribution in [0.1, 0.15) is 23.3 Å². The van der Waals surface area contributed by atoms with E-state index in [1.807, 2.05) is 0 Å². The molecule has 9 atom stereocenters. The molecule has 0 unspecified atom stereocenters. The second-order valence-corrected chi connectivity index (χ2v) is 9.96. The summed E-state index contributed by atoms with van der Waals surface area (Å²) < 4.78 is 16.8. The van der Waals surface area contributed by atoms with Crippen molar-refractivity contribution in [2.75, 3.05) is 13.2 Å². The van der Waals surface area contributed by atoms with Gasteiger partial charge in [-0.3, -0.25) is 4.79 Å². The third-order valence-corrected chi connectivity index (χ3v) is 7.42. The molecule has 0 bridgehead atoms. The molecule has 11 N–H and O–H groups in total. The van der Waals surface area contributed by atoms with Gasteiger partial charge in [0.1, 0.15) is 77.6 Å². The molecule has 15 heteroatoms. The van der Waals surface area contributed by atoms with Gasteiger partial charge in [0.2, 0.25) is 0 Å². The highest BCUT2D eigenvalue weighted by molar-refractivity contribution is 5.92. The largest absolute Gasteiger partial charge is 0.507 e. The first-order valence-corrected chi connectivity index (χ1v) is 12.4. The SMILES string of the molecule is O=c1cc(-c2ccc(O)c(O)c2)oc2c([C@@H]3OC[C@H](O)[C@H](O)[C@H]3O)c(O)c([C@H]3O[C@H](CO)[C@@H](O)[C@H](O)[C@H]3O)c(O)c12. The highest BCUT2D eigenvalue weighted by Crippen LogP contribution is 2.50. The van der Waals surface area contributed by atoms with Crippen LogP contribution in [0.15, 0.2) is 33.5 Å². The first-order valence-electron chi connectivity index (χ1n) is 12.4. The van der Waals surface area contributed by atoms with E-state index in [1.165, 1.54) is 6.07 Å². The zero-order chi connectivity index (χ0) is 29.9. The van der Waals surface area contributed by atoms with Crippen LogP contribution in [-0.2, 0) is 9.47 Å². The van der Waals surface area contributed by atoms with Crippen molar-refractivity contribution in [2.45, 2.75) is 54.9 Å². The number of aromatic hydroxyl groups is 4. The number of hydrogen-bond acceptors (Lipinski definition) is 15. The van der Waals surface area contributed by atoms with E-state index in [1.54, 1.807) is 0 Å². The normalized spacial score (nSPS) is 32.3. The molecule has 0 spiro atoms. The van der Waals surface area contributed by atoms with E-state index in [0.29, 0.717) is 0 Å². The molecule has 222 valence electrons. The predicted octanol–water partition coefficient (Wildman–Crippen LogP) is -2.05. The number of benzene rings is 2. The molecule has 0 aliphatic carbocycles. The van der Waals surface area contributed by atoms with Gasteiger partial charge < -0.3 is 70.1 Å². The Balaban J connectivity index is 1.81. The zero-order valence-corrected chi connectivity index (χ0v) is 21.0. The number of ether oxygens (including phenoxy) is 2. The van der Waals surface area contributed by atoms with Crippen molar-refractivity contribution in [3.8, 4) is 34.3 Å². The van der Waals surface area contributed by atoms with Gasteiger partial charge in [0.15, 0.2) is 22.5 Å². The van der Waals surface area contributed by atoms with Crippen LogP contribution in [0.4, 0.5) is 0 Å². The molecule has 2 aromatic carbocycles. The van der Waals surface area contributed by atoms with Gasteiger partial charge in [0.25, 0.3) is 0 Å². The number of phenols is 4. The van der Waals surface area contributed by atoms with Gasteiger partial charge in [-0.2, -0.15) is 0 Å².